The van der Waals surface area contributed by atoms with E-state index in [1.165, 1.54) is 9.87 Å². The summed E-state index contributed by atoms with van der Waals surface area (Å²) in [7, 11) is -3.90. The predicted octanol–water partition coefficient (Wildman–Crippen LogP) is 4.29. The van der Waals surface area contributed by atoms with Crippen molar-refractivity contribution in [1.82, 2.24) is 9.62 Å². The smallest absolute Gasteiger partial charge is 0.245 e. The highest BCUT2D eigenvalue weighted by Crippen LogP contribution is 2.39. The first-order valence-electron chi connectivity index (χ1n) is 12.7. The number of anilines is 1. The van der Waals surface area contributed by atoms with Crippen LogP contribution in [-0.2, 0) is 32.5 Å². The van der Waals surface area contributed by atoms with Crippen LogP contribution in [0, 0.1) is 5.92 Å². The lowest BCUT2D eigenvalue weighted by atomic mass is 9.98. The first-order valence-corrected chi connectivity index (χ1v) is 14.9. The largest absolute Gasteiger partial charge is 0.353 e. The van der Waals surface area contributed by atoms with Crippen molar-refractivity contribution >= 4 is 43.5 Å². The van der Waals surface area contributed by atoms with E-state index in [2.05, 4.69) is 33.4 Å². The summed E-state index contributed by atoms with van der Waals surface area (Å²) in [5.41, 5.74) is 2.57. The van der Waals surface area contributed by atoms with Gasteiger partial charge in [-0.15, -0.1) is 0 Å². The third-order valence-electron chi connectivity index (χ3n) is 7.07. The maximum Gasteiger partial charge on any atom is 0.245 e. The Morgan fingerprint density at radius 3 is 2.64 bits per heavy atom. The van der Waals surface area contributed by atoms with E-state index in [0.717, 1.165) is 18.4 Å². The topological polar surface area (TPSA) is 86.8 Å². The highest BCUT2D eigenvalue weighted by Gasteiger charge is 2.38. The molecule has 9 heteroatoms. The number of sulfonamides is 1. The second-order valence-electron chi connectivity index (χ2n) is 9.70. The van der Waals surface area contributed by atoms with Gasteiger partial charge >= 0.3 is 0 Å². The molecule has 1 N–H and O–H groups in total. The molecular formula is C27H34BrN3O4S. The fourth-order valence-electron chi connectivity index (χ4n) is 5.08. The molecule has 2 aromatic carbocycles. The Bertz CT molecular complexity index is 1220. The van der Waals surface area contributed by atoms with Gasteiger partial charge in [-0.3, -0.25) is 9.59 Å². The molecule has 2 atom stereocenters. The van der Waals surface area contributed by atoms with Gasteiger partial charge in [0.15, 0.2) is 0 Å². The van der Waals surface area contributed by atoms with Gasteiger partial charge in [0.05, 0.1) is 11.6 Å². The van der Waals surface area contributed by atoms with Crippen LogP contribution in [0.4, 0.5) is 5.69 Å². The molecule has 1 fully saturated rings. The zero-order valence-electron chi connectivity index (χ0n) is 20.9. The summed E-state index contributed by atoms with van der Waals surface area (Å²) >= 11 is 3.45. The molecule has 36 heavy (non-hydrogen) atoms. The molecule has 2 aliphatic rings. The number of aryl methyl sites for hydroxylation is 1. The number of nitrogens with zero attached hydrogens (tertiary/aromatic N) is 2. The number of hydrogen-bond donors (Lipinski definition) is 1. The highest BCUT2D eigenvalue weighted by atomic mass is 79.9. The van der Waals surface area contributed by atoms with Crippen LogP contribution in [0.1, 0.15) is 50.7 Å². The van der Waals surface area contributed by atoms with E-state index in [9.17, 15) is 18.0 Å². The van der Waals surface area contributed by atoms with Gasteiger partial charge < -0.3 is 10.2 Å². The summed E-state index contributed by atoms with van der Waals surface area (Å²) in [6.45, 7) is 4.75. The highest BCUT2D eigenvalue weighted by molar-refractivity contribution is 9.10. The molecule has 0 bridgehead atoms. The number of rotatable bonds is 8. The molecule has 0 radical (unpaired) electrons. The Morgan fingerprint density at radius 2 is 1.92 bits per heavy atom. The molecule has 0 aromatic heterocycles. The molecule has 194 valence electrons. The van der Waals surface area contributed by atoms with Gasteiger partial charge in [0.1, 0.15) is 4.90 Å². The van der Waals surface area contributed by atoms with Gasteiger partial charge in [-0.05, 0) is 62.3 Å². The number of amides is 2. The van der Waals surface area contributed by atoms with E-state index >= 15 is 0 Å². The van der Waals surface area contributed by atoms with Crippen LogP contribution in [0.3, 0.4) is 0 Å². The molecule has 0 aliphatic carbocycles. The number of halogens is 1. The second kappa shape index (κ2) is 11.4. The molecule has 4 rings (SSSR count). The van der Waals surface area contributed by atoms with E-state index in [-0.39, 0.29) is 29.3 Å². The lowest BCUT2D eigenvalue weighted by Gasteiger charge is -2.33. The Hall–Kier alpha value is -2.23. The first-order chi connectivity index (χ1) is 17.2. The summed E-state index contributed by atoms with van der Waals surface area (Å²) in [4.78, 5) is 27.4. The molecule has 2 aliphatic heterocycles. The van der Waals surface area contributed by atoms with Crippen LogP contribution in [0.5, 0.6) is 0 Å². The van der Waals surface area contributed by atoms with E-state index in [1.807, 2.05) is 31.2 Å². The number of fused-ring (bicyclic) bond motifs is 1. The molecule has 7 nitrogen and oxygen atoms in total. The van der Waals surface area contributed by atoms with Crippen LogP contribution in [0.2, 0.25) is 0 Å². The third kappa shape index (κ3) is 5.84. The molecule has 2 heterocycles. The molecule has 1 saturated heterocycles. The van der Waals surface area contributed by atoms with Crippen LogP contribution < -0.4 is 10.2 Å². The normalized spacial score (nSPS) is 19.1. The maximum absolute atomic E-state index is 13.8. The summed E-state index contributed by atoms with van der Waals surface area (Å²) in [5, 5.41) is 3.09. The fraction of sp³-hybridized carbons (Fsp3) is 0.481. The Labute approximate surface area is 222 Å². The van der Waals surface area contributed by atoms with Crippen LogP contribution in [-0.4, -0.2) is 50.2 Å². The predicted molar refractivity (Wildman–Crippen MR) is 144 cm³/mol. The van der Waals surface area contributed by atoms with Crippen molar-refractivity contribution in [2.45, 2.75) is 63.3 Å². The van der Waals surface area contributed by atoms with Crippen molar-refractivity contribution in [3.63, 3.8) is 0 Å². The molecular weight excluding hydrogens is 542 g/mol. The molecule has 0 unspecified atom stereocenters. The number of piperidine rings is 1. The van der Waals surface area contributed by atoms with E-state index < -0.39 is 15.9 Å². The zero-order chi connectivity index (χ0) is 25.9. The van der Waals surface area contributed by atoms with Crippen LogP contribution in [0.25, 0.3) is 0 Å². The quantitative estimate of drug-likeness (QED) is 0.508. The number of carbonyl (C=O) groups is 2. The van der Waals surface area contributed by atoms with Gasteiger partial charge in [0, 0.05) is 36.6 Å². The lowest BCUT2D eigenvalue weighted by molar-refractivity contribution is -0.126. The van der Waals surface area contributed by atoms with E-state index in [4.69, 9.17) is 0 Å². The van der Waals surface area contributed by atoms with E-state index in [1.54, 1.807) is 17.9 Å². The van der Waals surface area contributed by atoms with Gasteiger partial charge in [-0.1, -0.05) is 53.2 Å². The van der Waals surface area contributed by atoms with Gasteiger partial charge in [-0.2, -0.15) is 4.31 Å². The van der Waals surface area contributed by atoms with Gasteiger partial charge in [0.25, 0.3) is 0 Å². The van der Waals surface area contributed by atoms with E-state index in [0.29, 0.717) is 48.9 Å². The maximum atomic E-state index is 13.8. The Morgan fingerprint density at radius 1 is 1.17 bits per heavy atom. The Kier molecular flexibility index (Phi) is 8.52. The minimum Gasteiger partial charge on any atom is -0.353 e. The number of nitrogens with one attached hydrogen (secondary N) is 1. The average Bonchev–Trinajstić information content (AvgIpc) is 3.30. The molecule has 2 amide bonds. The number of carbonyl (C=O) groups excluding carboxylic acids is 2. The first kappa shape index (κ1) is 26.8. The Balaban J connectivity index is 1.47. The summed E-state index contributed by atoms with van der Waals surface area (Å²) in [6.07, 6.45) is 3.88. The average molecular weight is 577 g/mol. The number of hydrogen-bond acceptors (Lipinski definition) is 4. The second-order valence-corrected chi connectivity index (χ2v) is 12.5. The van der Waals surface area contributed by atoms with Gasteiger partial charge in [-0.25, -0.2) is 8.42 Å². The summed E-state index contributed by atoms with van der Waals surface area (Å²) < 4.78 is 29.8. The number of benzene rings is 2. The molecule has 2 aromatic rings. The van der Waals surface area contributed by atoms with Crippen molar-refractivity contribution in [3.8, 4) is 0 Å². The SMILES string of the molecule is CCC(=O)N1CCc2cc(Br)cc(S(=O)(=O)N3CCC[C@@H](C(=O)N[C@H](C)CCc4ccccc4)C3)c21. The van der Waals surface area contributed by atoms with Gasteiger partial charge in [0.2, 0.25) is 21.8 Å². The van der Waals surface area contributed by atoms with Crippen LogP contribution >= 0.6 is 15.9 Å². The van der Waals surface area contributed by atoms with Crippen LogP contribution in [0.15, 0.2) is 51.8 Å². The zero-order valence-corrected chi connectivity index (χ0v) is 23.3. The third-order valence-corrected chi connectivity index (χ3v) is 9.40. The van der Waals surface area contributed by atoms with Crippen molar-refractivity contribution < 1.29 is 18.0 Å². The van der Waals surface area contributed by atoms with Crippen molar-refractivity contribution in [2.24, 2.45) is 5.92 Å². The lowest BCUT2D eigenvalue weighted by Crippen LogP contribution is -2.47. The van der Waals surface area contributed by atoms with Crippen molar-refractivity contribution in [3.05, 3.63) is 58.1 Å². The summed E-state index contributed by atoms with van der Waals surface area (Å²) in [5.74, 6) is -0.591. The minimum atomic E-state index is -3.90. The van der Waals surface area contributed by atoms with Crippen molar-refractivity contribution in [1.29, 1.82) is 0 Å². The molecule has 0 spiro atoms. The standard InChI is InChI=1S/C27H34BrN3O4S/c1-3-25(32)31-15-13-21-16-23(28)17-24(26(21)31)36(34,35)30-14-7-10-22(18-30)27(33)29-19(2)11-12-20-8-5-4-6-9-20/h4-6,8-9,16-17,19,22H,3,7,10-15,18H2,1-2H3,(H,29,33)/t19-,22-/m1/s1. The van der Waals surface area contributed by atoms with Crippen molar-refractivity contribution in [2.75, 3.05) is 24.5 Å². The fourth-order valence-corrected chi connectivity index (χ4v) is 7.52. The summed E-state index contributed by atoms with van der Waals surface area (Å²) in [6, 6.07) is 13.6. The monoisotopic (exact) mass is 575 g/mol. The molecule has 0 saturated carbocycles. The minimum absolute atomic E-state index is 0.00773.